The Hall–Kier alpha value is -4.90. The molecule has 0 saturated carbocycles. The summed E-state index contributed by atoms with van der Waals surface area (Å²) < 4.78 is 70.2. The third-order valence-electron chi connectivity index (χ3n) is 14.7. The minimum absolute atomic E-state index is 0.106. The van der Waals surface area contributed by atoms with Crippen molar-refractivity contribution in [2.24, 2.45) is 0 Å². The molecule has 1 N–H and O–H groups in total. The molecule has 3 saturated heterocycles. The zero-order valence-electron chi connectivity index (χ0n) is 44.7. The van der Waals surface area contributed by atoms with Crippen molar-refractivity contribution in [2.45, 2.75) is 159 Å². The van der Waals surface area contributed by atoms with E-state index in [2.05, 4.69) is 76.2 Å². The maximum absolute atomic E-state index is 13.3. The fourth-order valence-corrected chi connectivity index (χ4v) is 15.5. The van der Waals surface area contributed by atoms with E-state index in [1.165, 1.54) is 19.3 Å². The van der Waals surface area contributed by atoms with Crippen LogP contribution in [0.25, 0.3) is 0 Å². The molecule has 11 nitrogen and oxygen atoms in total. The minimum atomic E-state index is -3.35. The van der Waals surface area contributed by atoms with Crippen molar-refractivity contribution in [1.29, 1.82) is 0 Å². The van der Waals surface area contributed by atoms with Gasteiger partial charge in [-0.1, -0.05) is 242 Å². The number of hydrogen-bond acceptors (Lipinski definition) is 11. The van der Waals surface area contributed by atoms with Crippen molar-refractivity contribution in [3.8, 4) is 0 Å². The second-order valence-corrected chi connectivity index (χ2v) is 25.5. The largest absolute Gasteiger partial charge is 0.399 e. The zero-order valence-corrected chi connectivity index (χ0v) is 45.7. The first kappa shape index (κ1) is 55.8. The van der Waals surface area contributed by atoms with Crippen LogP contribution in [0.1, 0.15) is 94.8 Å². The number of ether oxygens (including phenoxy) is 9. The fourth-order valence-electron chi connectivity index (χ4n) is 10.8. The van der Waals surface area contributed by atoms with E-state index < -0.39 is 81.1 Å². The Morgan fingerprint density at radius 1 is 0.526 bits per heavy atom. The molecule has 3 fully saturated rings. The first-order chi connectivity index (χ1) is 37.2. The van der Waals surface area contributed by atoms with Crippen LogP contribution in [0.3, 0.4) is 0 Å². The lowest BCUT2D eigenvalue weighted by Gasteiger charge is -2.53. The third-order valence-corrected chi connectivity index (χ3v) is 19.8. The Morgan fingerprint density at radius 3 is 1.61 bits per heavy atom. The summed E-state index contributed by atoms with van der Waals surface area (Å²) in [6, 6.07) is 60.9. The average molecular weight is 1050 g/mol. The van der Waals surface area contributed by atoms with Crippen LogP contribution in [0.15, 0.2) is 182 Å². The predicted octanol–water partition coefficient (Wildman–Crippen LogP) is 11.0. The molecular formula is C64H78O11Si. The molecular weight excluding hydrogens is 973 g/mol. The van der Waals surface area contributed by atoms with Crippen molar-refractivity contribution in [3.05, 3.63) is 204 Å². The van der Waals surface area contributed by atoms with E-state index in [1.807, 2.05) is 133 Å². The monoisotopic (exact) mass is 1050 g/mol. The van der Waals surface area contributed by atoms with Gasteiger partial charge in [0.1, 0.15) is 48.8 Å². The summed E-state index contributed by atoms with van der Waals surface area (Å²) in [5.41, 5.74) is 3.82. The van der Waals surface area contributed by atoms with E-state index in [1.54, 1.807) is 0 Å². The topological polar surface area (TPSA) is 113 Å². The maximum atomic E-state index is 13.3. The van der Waals surface area contributed by atoms with Gasteiger partial charge in [-0.3, -0.25) is 0 Å². The molecule has 76 heavy (non-hydrogen) atoms. The lowest BCUT2D eigenvalue weighted by atomic mass is 9.95. The number of rotatable bonds is 25. The second kappa shape index (κ2) is 27.6. The molecule has 0 spiro atoms. The number of unbranched alkanes of at least 4 members (excludes halogenated alkanes) is 5. The van der Waals surface area contributed by atoms with E-state index >= 15 is 0 Å². The minimum Gasteiger partial charge on any atom is -0.399 e. The summed E-state index contributed by atoms with van der Waals surface area (Å²) in [6.07, 6.45) is -3.36. The van der Waals surface area contributed by atoms with Gasteiger partial charge in [0.15, 0.2) is 18.9 Å². The van der Waals surface area contributed by atoms with Gasteiger partial charge in [-0.25, -0.2) is 0 Å². The summed E-state index contributed by atoms with van der Waals surface area (Å²) in [7, 11) is -3.35. The van der Waals surface area contributed by atoms with Gasteiger partial charge in [0, 0.05) is 12.2 Å². The number of fused-ring (bicyclic) bond motifs is 1. The van der Waals surface area contributed by atoms with Gasteiger partial charge in [-0.15, -0.1) is 0 Å². The van der Waals surface area contributed by atoms with Gasteiger partial charge in [0.25, 0.3) is 8.32 Å². The summed E-state index contributed by atoms with van der Waals surface area (Å²) >= 11 is 0. The quantitative estimate of drug-likeness (QED) is 0.0437. The molecule has 3 aliphatic heterocycles. The van der Waals surface area contributed by atoms with Crippen LogP contribution in [0.4, 0.5) is 0 Å². The summed E-state index contributed by atoms with van der Waals surface area (Å²) in [6.45, 7) is 10.5. The van der Waals surface area contributed by atoms with Gasteiger partial charge >= 0.3 is 0 Å². The fraction of sp³-hybridized carbons (Fsp3) is 0.438. The Balaban J connectivity index is 1.10. The smallest absolute Gasteiger partial charge is 0.261 e. The standard InChI is InChI=1S/C64H78O11Si/c1-5-6-7-8-9-28-41-67-63-60(69-44-49-33-20-12-21-34-49)59(68-43-48-31-18-11-19-32-48)57(53(72-63)45-66-42-47-29-16-10-17-30-47)74-62-55(65)58(56-54(71-62)46-70-61(73-56)50-35-22-13-23-36-50)75-76(64(2,3)4,51-37-24-14-25-38-51)52-39-26-15-27-40-52/h10-27,29-40,53-63,65H,5-9,28,41-46H2,1-4H3/t53-,54-,55+,56-,57-,58-,59+,60-,61-,62+,63-/m1/s1. The highest BCUT2D eigenvalue weighted by Gasteiger charge is 2.59. The van der Waals surface area contributed by atoms with Gasteiger partial charge in [0.05, 0.1) is 33.0 Å². The average Bonchev–Trinajstić information content (AvgIpc) is 3.46. The summed E-state index contributed by atoms with van der Waals surface area (Å²) in [5, 5.41) is 15.0. The van der Waals surface area contributed by atoms with E-state index in [4.69, 9.17) is 47.1 Å². The van der Waals surface area contributed by atoms with Crippen LogP contribution < -0.4 is 10.4 Å². The molecule has 6 aromatic rings. The number of aliphatic hydroxyl groups excluding tert-OH is 1. The highest BCUT2D eigenvalue weighted by atomic mass is 28.4. The van der Waals surface area contributed by atoms with E-state index in [-0.39, 0.29) is 26.4 Å². The molecule has 3 aliphatic rings. The maximum Gasteiger partial charge on any atom is 0.261 e. The molecule has 0 aliphatic carbocycles. The van der Waals surface area contributed by atoms with Crippen LogP contribution >= 0.6 is 0 Å². The molecule has 0 unspecified atom stereocenters. The first-order valence-corrected chi connectivity index (χ1v) is 29.4. The highest BCUT2D eigenvalue weighted by molar-refractivity contribution is 6.99. The molecule has 9 rings (SSSR count). The molecule has 0 radical (unpaired) electrons. The molecule has 12 heteroatoms. The van der Waals surface area contributed by atoms with Crippen LogP contribution in [0, 0.1) is 0 Å². The normalized spacial score (nSPS) is 25.9. The van der Waals surface area contributed by atoms with Gasteiger partial charge in [0.2, 0.25) is 0 Å². The zero-order chi connectivity index (χ0) is 52.6. The Bertz CT molecular complexity index is 2520. The molecule has 0 aromatic heterocycles. The SMILES string of the molecule is CCCCCCCCO[C@@H]1O[C@H](COCc2ccccc2)[C@@H](O[C@@H]2O[C@@H]3CO[C@@H](c4ccccc4)O[C@H]3[C@H](O[Si](c3ccccc3)(c3ccccc3)C(C)(C)C)[C@@H]2O)[C@H](OCc2ccccc2)[C@H]1OCc1ccccc1. The molecule has 0 amide bonds. The van der Waals surface area contributed by atoms with Crippen LogP contribution in [0.2, 0.25) is 5.04 Å². The molecule has 6 aromatic carbocycles. The molecule has 0 bridgehead atoms. The third kappa shape index (κ3) is 14.0. The highest BCUT2D eigenvalue weighted by Crippen LogP contribution is 2.43. The summed E-state index contributed by atoms with van der Waals surface area (Å²) in [5.74, 6) is 0. The number of hydrogen-bond donors (Lipinski definition) is 1. The van der Waals surface area contributed by atoms with Gasteiger partial charge in [-0.2, -0.15) is 0 Å². The van der Waals surface area contributed by atoms with E-state index in [9.17, 15) is 5.11 Å². The molecule has 3 heterocycles. The lowest BCUT2D eigenvalue weighted by molar-refractivity contribution is -0.389. The Kier molecular flexibility index (Phi) is 20.3. The van der Waals surface area contributed by atoms with Crippen molar-refractivity contribution >= 4 is 18.7 Å². The van der Waals surface area contributed by atoms with E-state index in [0.29, 0.717) is 13.2 Å². The summed E-state index contributed by atoms with van der Waals surface area (Å²) in [4.78, 5) is 0. The van der Waals surface area contributed by atoms with Crippen molar-refractivity contribution in [3.63, 3.8) is 0 Å². The van der Waals surface area contributed by atoms with Crippen molar-refractivity contribution in [1.82, 2.24) is 0 Å². The van der Waals surface area contributed by atoms with Crippen LogP contribution in [-0.4, -0.2) is 94.7 Å². The first-order valence-electron chi connectivity index (χ1n) is 27.5. The number of benzene rings is 6. The molecule has 11 atom stereocenters. The van der Waals surface area contributed by atoms with Crippen molar-refractivity contribution < 1.29 is 52.2 Å². The van der Waals surface area contributed by atoms with Crippen LogP contribution in [-0.2, 0) is 66.9 Å². The van der Waals surface area contributed by atoms with Gasteiger partial charge < -0.3 is 52.2 Å². The van der Waals surface area contributed by atoms with E-state index in [0.717, 1.165) is 51.9 Å². The second-order valence-electron chi connectivity index (χ2n) is 21.3. The van der Waals surface area contributed by atoms with Crippen LogP contribution in [0.5, 0.6) is 0 Å². The number of aliphatic hydroxyl groups is 1. The predicted molar refractivity (Wildman–Crippen MR) is 296 cm³/mol. The Labute approximate surface area is 451 Å². The van der Waals surface area contributed by atoms with Crippen molar-refractivity contribution in [2.75, 3.05) is 19.8 Å². The lowest BCUT2D eigenvalue weighted by Crippen LogP contribution is -2.73. The Morgan fingerprint density at radius 2 is 1.04 bits per heavy atom. The molecule has 404 valence electrons. The van der Waals surface area contributed by atoms with Gasteiger partial charge in [-0.05, 0) is 38.5 Å².